The molecular weight excluding hydrogens is 328 g/mol. The van der Waals surface area contributed by atoms with Gasteiger partial charge in [0, 0.05) is 23.3 Å². The first kappa shape index (κ1) is 16.0. The van der Waals surface area contributed by atoms with E-state index in [9.17, 15) is 0 Å². The average Bonchev–Trinajstić information content (AvgIpc) is 3.07. The minimum absolute atomic E-state index is 0.477. The fraction of sp³-hybridized carbons (Fsp3) is 0.158. The normalized spacial score (nSPS) is 10.8. The molecule has 4 aromatic rings. The number of aryl methyl sites for hydroxylation is 2. The van der Waals surface area contributed by atoms with Gasteiger partial charge < -0.3 is 10.1 Å². The number of ether oxygens (including phenoxy) is 1. The smallest absolute Gasteiger partial charge is 0.138 e. The quantitative estimate of drug-likeness (QED) is 0.573. The van der Waals surface area contributed by atoms with E-state index in [4.69, 9.17) is 4.74 Å². The molecule has 130 valence electrons. The summed E-state index contributed by atoms with van der Waals surface area (Å²) in [6, 6.07) is 7.90. The highest BCUT2D eigenvalue weighted by molar-refractivity contribution is 5.93. The largest absolute Gasteiger partial charge is 0.489 e. The van der Waals surface area contributed by atoms with Crippen LogP contribution in [0.25, 0.3) is 10.8 Å². The Morgan fingerprint density at radius 3 is 2.69 bits per heavy atom. The first-order valence-electron chi connectivity index (χ1n) is 8.25. The molecule has 1 aromatic carbocycles. The number of hydrogen-bond acceptors (Lipinski definition) is 6. The molecule has 0 aliphatic heterocycles. The Hall–Kier alpha value is -3.48. The van der Waals surface area contributed by atoms with Crippen LogP contribution in [0.3, 0.4) is 0 Å². The van der Waals surface area contributed by atoms with Crippen molar-refractivity contribution in [3.63, 3.8) is 0 Å². The van der Waals surface area contributed by atoms with Crippen LogP contribution in [-0.2, 0) is 6.61 Å². The van der Waals surface area contributed by atoms with Crippen molar-refractivity contribution in [2.45, 2.75) is 20.5 Å². The van der Waals surface area contributed by atoms with E-state index in [0.29, 0.717) is 6.61 Å². The minimum Gasteiger partial charge on any atom is -0.489 e. The number of hydrogen-bond donors (Lipinski definition) is 2. The predicted octanol–water partition coefficient (Wildman–Crippen LogP) is 3.69. The summed E-state index contributed by atoms with van der Waals surface area (Å²) >= 11 is 0. The molecule has 0 bridgehead atoms. The summed E-state index contributed by atoms with van der Waals surface area (Å²) in [5, 5.41) is 12.3. The third kappa shape index (κ3) is 3.32. The second kappa shape index (κ2) is 6.79. The molecule has 0 unspecified atom stereocenters. The summed E-state index contributed by atoms with van der Waals surface area (Å²) in [6.45, 7) is 4.28. The molecule has 0 fully saturated rings. The maximum Gasteiger partial charge on any atom is 0.138 e. The lowest BCUT2D eigenvalue weighted by Gasteiger charge is -2.10. The summed E-state index contributed by atoms with van der Waals surface area (Å²) < 4.78 is 5.89. The summed E-state index contributed by atoms with van der Waals surface area (Å²) in [4.78, 5) is 12.8. The maximum absolute atomic E-state index is 5.89. The van der Waals surface area contributed by atoms with Gasteiger partial charge in [-0.3, -0.25) is 5.10 Å². The third-order valence-corrected chi connectivity index (χ3v) is 4.11. The summed E-state index contributed by atoms with van der Waals surface area (Å²) in [5.41, 5.74) is 2.79. The fourth-order valence-corrected chi connectivity index (χ4v) is 2.63. The van der Waals surface area contributed by atoms with Crippen molar-refractivity contribution in [3.8, 4) is 5.75 Å². The first-order chi connectivity index (χ1) is 12.7. The number of aromatic amines is 1. The van der Waals surface area contributed by atoms with Crippen LogP contribution in [0, 0.1) is 13.8 Å². The minimum atomic E-state index is 0.477. The number of pyridine rings is 1. The summed E-state index contributed by atoms with van der Waals surface area (Å²) in [6.07, 6.45) is 7.11. The lowest BCUT2D eigenvalue weighted by Crippen LogP contribution is -1.98. The molecule has 0 atom stereocenters. The zero-order valence-corrected chi connectivity index (χ0v) is 14.5. The molecule has 26 heavy (non-hydrogen) atoms. The molecule has 3 aromatic heterocycles. The Balaban J connectivity index is 1.57. The van der Waals surface area contributed by atoms with Gasteiger partial charge in [0.25, 0.3) is 0 Å². The molecule has 0 amide bonds. The number of benzene rings is 1. The van der Waals surface area contributed by atoms with E-state index in [1.165, 1.54) is 0 Å². The molecule has 3 heterocycles. The summed E-state index contributed by atoms with van der Waals surface area (Å²) in [7, 11) is 0. The van der Waals surface area contributed by atoms with Crippen molar-refractivity contribution in [1.29, 1.82) is 0 Å². The van der Waals surface area contributed by atoms with Crippen molar-refractivity contribution in [2.24, 2.45) is 0 Å². The van der Waals surface area contributed by atoms with E-state index >= 15 is 0 Å². The molecule has 7 heteroatoms. The lowest BCUT2D eigenvalue weighted by atomic mass is 10.1. The van der Waals surface area contributed by atoms with Crippen molar-refractivity contribution >= 4 is 22.3 Å². The zero-order chi connectivity index (χ0) is 17.9. The SMILES string of the molecule is Cc1ncc(Nc2nccc3cc(OCc4c[nH]nc4C)ccc23)cn1. The highest BCUT2D eigenvalue weighted by Gasteiger charge is 2.07. The first-order valence-corrected chi connectivity index (χ1v) is 8.25. The van der Waals surface area contributed by atoms with Gasteiger partial charge in [0.05, 0.1) is 23.8 Å². The zero-order valence-electron chi connectivity index (χ0n) is 14.5. The molecule has 0 aliphatic rings. The van der Waals surface area contributed by atoms with Gasteiger partial charge in [0.1, 0.15) is 24.0 Å². The fourth-order valence-electron chi connectivity index (χ4n) is 2.63. The van der Waals surface area contributed by atoms with E-state index in [1.807, 2.05) is 44.3 Å². The lowest BCUT2D eigenvalue weighted by molar-refractivity contribution is 0.306. The van der Waals surface area contributed by atoms with E-state index in [0.717, 1.165) is 45.1 Å². The Labute approximate surface area is 150 Å². The molecule has 7 nitrogen and oxygen atoms in total. The van der Waals surface area contributed by atoms with Crippen LogP contribution in [0.4, 0.5) is 11.5 Å². The van der Waals surface area contributed by atoms with Crippen LogP contribution in [0.2, 0.25) is 0 Å². The van der Waals surface area contributed by atoms with Crippen LogP contribution in [0.15, 0.2) is 49.1 Å². The number of nitrogens with zero attached hydrogens (tertiary/aromatic N) is 4. The van der Waals surface area contributed by atoms with Gasteiger partial charge in [-0.2, -0.15) is 5.10 Å². The van der Waals surface area contributed by atoms with E-state index in [-0.39, 0.29) is 0 Å². The monoisotopic (exact) mass is 346 g/mol. The van der Waals surface area contributed by atoms with Crippen LogP contribution in [-0.4, -0.2) is 25.1 Å². The highest BCUT2D eigenvalue weighted by Crippen LogP contribution is 2.27. The van der Waals surface area contributed by atoms with E-state index in [2.05, 4.69) is 30.5 Å². The molecule has 0 saturated heterocycles. The third-order valence-electron chi connectivity index (χ3n) is 4.11. The second-order valence-corrected chi connectivity index (χ2v) is 5.97. The van der Waals surface area contributed by atoms with Gasteiger partial charge >= 0.3 is 0 Å². The standard InChI is InChI=1S/C19H18N6O/c1-12-15(8-23-25-12)11-26-17-3-4-18-14(7-17)5-6-20-19(18)24-16-9-21-13(2)22-10-16/h3-10H,11H2,1-2H3,(H,20,24)(H,23,25). The Bertz CT molecular complexity index is 1040. The number of aromatic nitrogens is 5. The average molecular weight is 346 g/mol. The summed E-state index contributed by atoms with van der Waals surface area (Å²) in [5.74, 6) is 2.29. The van der Waals surface area contributed by atoms with Gasteiger partial charge in [-0.1, -0.05) is 0 Å². The highest BCUT2D eigenvalue weighted by atomic mass is 16.5. The van der Waals surface area contributed by atoms with Gasteiger partial charge in [-0.15, -0.1) is 0 Å². The van der Waals surface area contributed by atoms with Crippen molar-refractivity contribution in [1.82, 2.24) is 25.1 Å². The number of nitrogens with one attached hydrogen (secondary N) is 2. The van der Waals surface area contributed by atoms with Gasteiger partial charge in [-0.05, 0) is 43.5 Å². The molecule has 0 saturated carbocycles. The van der Waals surface area contributed by atoms with E-state index in [1.54, 1.807) is 18.6 Å². The molecular formula is C19H18N6O. The van der Waals surface area contributed by atoms with Gasteiger partial charge in [0.15, 0.2) is 0 Å². The van der Waals surface area contributed by atoms with E-state index < -0.39 is 0 Å². The molecule has 0 aliphatic carbocycles. The van der Waals surface area contributed by atoms with Crippen molar-refractivity contribution in [2.75, 3.05) is 5.32 Å². The van der Waals surface area contributed by atoms with Gasteiger partial charge in [0.2, 0.25) is 0 Å². The maximum atomic E-state index is 5.89. The van der Waals surface area contributed by atoms with Gasteiger partial charge in [-0.25, -0.2) is 15.0 Å². The number of anilines is 2. The van der Waals surface area contributed by atoms with Crippen molar-refractivity contribution in [3.05, 3.63) is 66.1 Å². The molecule has 2 N–H and O–H groups in total. The molecule has 0 radical (unpaired) electrons. The van der Waals surface area contributed by atoms with Crippen LogP contribution < -0.4 is 10.1 Å². The topological polar surface area (TPSA) is 88.6 Å². The molecule has 0 spiro atoms. The Morgan fingerprint density at radius 1 is 1.08 bits per heavy atom. The van der Waals surface area contributed by atoms with Crippen LogP contribution in [0.1, 0.15) is 17.1 Å². The predicted molar refractivity (Wildman–Crippen MR) is 99.5 cm³/mol. The number of H-pyrrole nitrogens is 1. The van der Waals surface area contributed by atoms with Crippen LogP contribution >= 0.6 is 0 Å². The molecule has 4 rings (SSSR count). The number of fused-ring (bicyclic) bond motifs is 1. The number of rotatable bonds is 5. The van der Waals surface area contributed by atoms with Crippen LogP contribution in [0.5, 0.6) is 5.75 Å². The van der Waals surface area contributed by atoms with Crippen molar-refractivity contribution < 1.29 is 4.74 Å². The second-order valence-electron chi connectivity index (χ2n) is 5.97. The Kier molecular flexibility index (Phi) is 4.18. The Morgan fingerprint density at radius 2 is 1.92 bits per heavy atom.